The molecule has 2 aromatic carbocycles. The number of hydrogen-bond donors (Lipinski definition) is 3. The van der Waals surface area contributed by atoms with Crippen molar-refractivity contribution >= 4 is 22.7 Å². The first kappa shape index (κ1) is 18.1. The van der Waals surface area contributed by atoms with E-state index in [4.69, 9.17) is 4.74 Å². The number of amides is 2. The van der Waals surface area contributed by atoms with Crippen LogP contribution in [0.15, 0.2) is 42.5 Å². The highest BCUT2D eigenvalue weighted by atomic mass is 16.5. The van der Waals surface area contributed by atoms with Crippen molar-refractivity contribution in [2.75, 3.05) is 6.61 Å². The summed E-state index contributed by atoms with van der Waals surface area (Å²) in [6.07, 6.45) is 4.39. The number of aromatic amines is 1. The van der Waals surface area contributed by atoms with Crippen molar-refractivity contribution in [2.45, 2.75) is 32.6 Å². The second-order valence-electron chi connectivity index (χ2n) is 7.12. The van der Waals surface area contributed by atoms with E-state index in [0.29, 0.717) is 11.3 Å². The normalized spacial score (nSPS) is 13.0. The number of hydrogen-bond acceptors (Lipinski definition) is 3. The number of benzene rings is 2. The molecule has 0 atom stereocenters. The van der Waals surface area contributed by atoms with E-state index in [1.54, 1.807) is 12.1 Å². The standard InChI is InChI=1S/C22H23N3O3/c1-14-6-4-7-15(12-14)28-13-20(26)24-25-22(27)18-10-5-9-17-16-8-2-3-11-19(16)23-21(17)18/h4-7,9-10,12,23H,2-3,8,11,13H2,1H3,(H,24,26)(H,25,27). The predicted octanol–water partition coefficient (Wildman–Crippen LogP) is 3.20. The summed E-state index contributed by atoms with van der Waals surface area (Å²) < 4.78 is 5.44. The maximum absolute atomic E-state index is 12.6. The van der Waals surface area contributed by atoms with Crippen LogP contribution in [0.4, 0.5) is 0 Å². The van der Waals surface area contributed by atoms with Crippen LogP contribution in [0, 0.1) is 6.92 Å². The number of ether oxygens (including phenoxy) is 1. The van der Waals surface area contributed by atoms with E-state index in [2.05, 4.69) is 15.8 Å². The molecule has 4 rings (SSSR count). The number of para-hydroxylation sites is 1. The smallest absolute Gasteiger partial charge is 0.276 e. The number of aromatic nitrogens is 1. The Morgan fingerprint density at radius 2 is 1.89 bits per heavy atom. The van der Waals surface area contributed by atoms with Gasteiger partial charge in [0, 0.05) is 11.1 Å². The molecule has 1 aliphatic rings. The lowest BCUT2D eigenvalue weighted by Gasteiger charge is -2.10. The van der Waals surface area contributed by atoms with Crippen LogP contribution in [0.3, 0.4) is 0 Å². The summed E-state index contributed by atoms with van der Waals surface area (Å²) in [6, 6.07) is 13.1. The molecular formula is C22H23N3O3. The molecule has 1 aliphatic carbocycles. The summed E-state index contributed by atoms with van der Waals surface area (Å²) in [4.78, 5) is 28.0. The number of carbonyl (C=O) groups excluding carboxylic acids is 2. The summed E-state index contributed by atoms with van der Waals surface area (Å²) in [7, 11) is 0. The first-order chi connectivity index (χ1) is 13.6. The van der Waals surface area contributed by atoms with Gasteiger partial charge in [0.25, 0.3) is 11.8 Å². The Morgan fingerprint density at radius 1 is 1.07 bits per heavy atom. The molecule has 2 amide bonds. The molecule has 0 fully saturated rings. The van der Waals surface area contributed by atoms with Crippen LogP contribution in [0.2, 0.25) is 0 Å². The van der Waals surface area contributed by atoms with Gasteiger partial charge in [0.05, 0.1) is 11.1 Å². The van der Waals surface area contributed by atoms with Gasteiger partial charge in [-0.3, -0.25) is 20.4 Å². The van der Waals surface area contributed by atoms with Crippen LogP contribution in [-0.2, 0) is 17.6 Å². The molecule has 0 radical (unpaired) electrons. The molecule has 1 aromatic heterocycles. The maximum Gasteiger partial charge on any atom is 0.276 e. The van der Waals surface area contributed by atoms with Gasteiger partial charge >= 0.3 is 0 Å². The van der Waals surface area contributed by atoms with Crippen LogP contribution < -0.4 is 15.6 Å². The van der Waals surface area contributed by atoms with Crippen molar-refractivity contribution in [2.24, 2.45) is 0 Å². The third kappa shape index (κ3) is 3.71. The lowest BCUT2D eigenvalue weighted by molar-refractivity contribution is -0.123. The average molecular weight is 377 g/mol. The molecule has 6 heteroatoms. The highest BCUT2D eigenvalue weighted by molar-refractivity contribution is 6.07. The van der Waals surface area contributed by atoms with Crippen LogP contribution in [0.25, 0.3) is 10.9 Å². The largest absolute Gasteiger partial charge is 0.484 e. The maximum atomic E-state index is 12.6. The minimum absolute atomic E-state index is 0.176. The van der Waals surface area contributed by atoms with Gasteiger partial charge in [-0.05, 0) is 61.9 Å². The van der Waals surface area contributed by atoms with Gasteiger partial charge in [0.2, 0.25) is 0 Å². The van der Waals surface area contributed by atoms with Gasteiger partial charge in [-0.25, -0.2) is 0 Å². The number of fused-ring (bicyclic) bond motifs is 3. The van der Waals surface area contributed by atoms with Crippen LogP contribution in [0.1, 0.15) is 40.0 Å². The molecule has 0 bridgehead atoms. The Hall–Kier alpha value is -3.28. The third-order valence-corrected chi connectivity index (χ3v) is 5.05. The number of rotatable bonds is 4. The molecule has 0 saturated carbocycles. The van der Waals surface area contributed by atoms with Crippen molar-refractivity contribution in [1.82, 2.24) is 15.8 Å². The summed E-state index contributed by atoms with van der Waals surface area (Å²) in [5, 5.41) is 1.09. The van der Waals surface area contributed by atoms with E-state index in [-0.39, 0.29) is 12.5 Å². The Bertz CT molecular complexity index is 1040. The van der Waals surface area contributed by atoms with Crippen molar-refractivity contribution in [1.29, 1.82) is 0 Å². The van der Waals surface area contributed by atoms with Gasteiger partial charge in [0.15, 0.2) is 6.61 Å². The number of aryl methyl sites for hydroxylation is 3. The molecule has 3 N–H and O–H groups in total. The zero-order valence-corrected chi connectivity index (χ0v) is 15.8. The second-order valence-corrected chi connectivity index (χ2v) is 7.12. The number of nitrogens with one attached hydrogen (secondary N) is 3. The van der Waals surface area contributed by atoms with E-state index in [1.165, 1.54) is 24.1 Å². The monoisotopic (exact) mass is 377 g/mol. The van der Waals surface area contributed by atoms with Crippen molar-refractivity contribution in [3.05, 3.63) is 64.8 Å². The third-order valence-electron chi connectivity index (χ3n) is 5.05. The summed E-state index contributed by atoms with van der Waals surface area (Å²) in [5.41, 5.74) is 9.83. The van der Waals surface area contributed by atoms with E-state index >= 15 is 0 Å². The first-order valence-electron chi connectivity index (χ1n) is 9.53. The fourth-order valence-electron chi connectivity index (χ4n) is 3.70. The highest BCUT2D eigenvalue weighted by Gasteiger charge is 2.19. The Morgan fingerprint density at radius 3 is 2.75 bits per heavy atom. The topological polar surface area (TPSA) is 83.2 Å². The minimum Gasteiger partial charge on any atom is -0.484 e. The molecular weight excluding hydrogens is 354 g/mol. The average Bonchev–Trinajstić information content (AvgIpc) is 3.09. The molecule has 28 heavy (non-hydrogen) atoms. The minimum atomic E-state index is -0.423. The molecule has 0 aliphatic heterocycles. The zero-order chi connectivity index (χ0) is 19.5. The second kappa shape index (κ2) is 7.76. The lowest BCUT2D eigenvalue weighted by Crippen LogP contribution is -2.43. The molecule has 1 heterocycles. The summed E-state index contributed by atoms with van der Waals surface area (Å²) >= 11 is 0. The van der Waals surface area contributed by atoms with Gasteiger partial charge in [-0.15, -0.1) is 0 Å². The summed E-state index contributed by atoms with van der Waals surface area (Å²) in [6.45, 7) is 1.77. The van der Waals surface area contributed by atoms with Gasteiger partial charge in [-0.2, -0.15) is 0 Å². The van der Waals surface area contributed by atoms with E-state index < -0.39 is 5.91 Å². The van der Waals surface area contributed by atoms with Crippen molar-refractivity contribution < 1.29 is 14.3 Å². The van der Waals surface area contributed by atoms with Gasteiger partial charge < -0.3 is 9.72 Å². The van der Waals surface area contributed by atoms with E-state index in [9.17, 15) is 9.59 Å². The summed E-state index contributed by atoms with van der Waals surface area (Å²) in [5.74, 6) is -0.163. The van der Waals surface area contributed by atoms with E-state index in [0.717, 1.165) is 29.3 Å². The highest BCUT2D eigenvalue weighted by Crippen LogP contribution is 2.30. The number of H-pyrrole nitrogens is 1. The fourth-order valence-corrected chi connectivity index (χ4v) is 3.70. The van der Waals surface area contributed by atoms with E-state index in [1.807, 2.05) is 37.3 Å². The molecule has 3 aromatic rings. The van der Waals surface area contributed by atoms with Crippen molar-refractivity contribution in [3.8, 4) is 5.75 Å². The molecule has 144 valence electrons. The number of carbonyl (C=O) groups is 2. The van der Waals surface area contributed by atoms with Crippen LogP contribution >= 0.6 is 0 Å². The van der Waals surface area contributed by atoms with Gasteiger partial charge in [-0.1, -0.05) is 24.3 Å². The zero-order valence-electron chi connectivity index (χ0n) is 15.8. The quantitative estimate of drug-likeness (QED) is 0.611. The Balaban J connectivity index is 1.40. The van der Waals surface area contributed by atoms with Crippen LogP contribution in [-0.4, -0.2) is 23.4 Å². The van der Waals surface area contributed by atoms with Crippen LogP contribution in [0.5, 0.6) is 5.75 Å². The lowest BCUT2D eigenvalue weighted by atomic mass is 9.95. The number of hydrazine groups is 1. The molecule has 0 spiro atoms. The SMILES string of the molecule is Cc1cccc(OCC(=O)NNC(=O)c2cccc3c4c([nH]c23)CCCC4)c1. The first-order valence-corrected chi connectivity index (χ1v) is 9.53. The van der Waals surface area contributed by atoms with Gasteiger partial charge in [0.1, 0.15) is 5.75 Å². The Kier molecular flexibility index (Phi) is 5.02. The van der Waals surface area contributed by atoms with Crippen molar-refractivity contribution in [3.63, 3.8) is 0 Å². The molecule has 6 nitrogen and oxygen atoms in total. The molecule has 0 saturated heterocycles. The molecule has 0 unspecified atom stereocenters. The predicted molar refractivity (Wildman–Crippen MR) is 107 cm³/mol. The fraction of sp³-hybridized carbons (Fsp3) is 0.273. The Labute approximate surface area is 163 Å².